The van der Waals surface area contributed by atoms with Gasteiger partial charge in [0, 0.05) is 0 Å². The Balaban J connectivity index is 2.16. The third-order valence-corrected chi connectivity index (χ3v) is 3.95. The average molecular weight is 307 g/mol. The Labute approximate surface area is 133 Å². The lowest BCUT2D eigenvalue weighted by molar-refractivity contribution is 0.0600. The van der Waals surface area contributed by atoms with Gasteiger partial charge < -0.3 is 4.74 Å². The first-order chi connectivity index (χ1) is 11.1. The van der Waals surface area contributed by atoms with E-state index in [1.54, 1.807) is 18.2 Å². The molecule has 0 bridgehead atoms. The molecule has 0 aromatic heterocycles. The molecule has 0 spiro atoms. The molecule has 3 rings (SSSR count). The van der Waals surface area contributed by atoms with Crippen molar-refractivity contribution < 1.29 is 13.9 Å². The van der Waals surface area contributed by atoms with Gasteiger partial charge in [-0.05, 0) is 59.4 Å². The fourth-order valence-corrected chi connectivity index (χ4v) is 2.85. The first kappa shape index (κ1) is 15.0. The normalized spacial score (nSPS) is 12.8. The molecule has 0 heterocycles. The van der Waals surface area contributed by atoms with Gasteiger partial charge in [-0.3, -0.25) is 0 Å². The van der Waals surface area contributed by atoms with E-state index in [4.69, 9.17) is 11.3 Å². The van der Waals surface area contributed by atoms with Gasteiger partial charge in [-0.2, -0.15) is 0 Å². The Kier molecular flexibility index (Phi) is 3.94. The number of ether oxygens (including phenoxy) is 1. The summed E-state index contributed by atoms with van der Waals surface area (Å²) in [7, 11) is 1.34. The number of carbonyl (C=O) groups is 1. The summed E-state index contributed by atoms with van der Waals surface area (Å²) in [5.41, 5.74) is 4.29. The minimum absolute atomic E-state index is 0.271. The number of methoxy groups -OCH3 is 1. The number of aryl methyl sites for hydroxylation is 1. The highest BCUT2D eigenvalue weighted by atomic mass is 19.1. The van der Waals surface area contributed by atoms with E-state index < -0.39 is 11.8 Å². The Morgan fingerprint density at radius 2 is 2.04 bits per heavy atom. The maximum absolute atomic E-state index is 13.4. The maximum atomic E-state index is 13.4. The lowest BCUT2D eigenvalue weighted by atomic mass is 9.85. The minimum atomic E-state index is -0.431. The van der Waals surface area contributed by atoms with Crippen LogP contribution in [0, 0.1) is 12.4 Å². The predicted octanol–water partition coefficient (Wildman–Crippen LogP) is 4.54. The zero-order valence-electron chi connectivity index (χ0n) is 12.6. The number of allylic oxidation sites excluding steroid dienone is 1. The number of hydrogen-bond donors (Lipinski definition) is 0. The van der Waals surface area contributed by atoms with Crippen LogP contribution in [0.1, 0.15) is 33.5 Å². The molecule has 0 N–H and O–H groups in total. The van der Waals surface area contributed by atoms with Crippen molar-refractivity contribution in [3.8, 4) is 0 Å². The number of carbonyl (C=O) groups excluding carboxylic acids is 1. The molecule has 0 atom stereocenters. The van der Waals surface area contributed by atoms with Gasteiger partial charge in [0.2, 0.25) is 0 Å². The van der Waals surface area contributed by atoms with Crippen LogP contribution < -0.4 is 0 Å². The summed E-state index contributed by atoms with van der Waals surface area (Å²) in [6, 6.07) is 9.65. The summed E-state index contributed by atoms with van der Waals surface area (Å²) < 4.78 is 18.2. The molecule has 0 saturated heterocycles. The third kappa shape index (κ3) is 2.74. The summed E-state index contributed by atoms with van der Waals surface area (Å²) in [6.07, 6.45) is 3.74. The van der Waals surface area contributed by atoms with Gasteiger partial charge in [0.05, 0.1) is 19.2 Å². The fourth-order valence-electron chi connectivity index (χ4n) is 2.85. The second-order valence-corrected chi connectivity index (χ2v) is 5.29. The topological polar surface area (TPSA) is 30.7 Å². The molecule has 0 aliphatic heterocycles. The summed E-state index contributed by atoms with van der Waals surface area (Å²) in [4.78, 5) is 15.2. The highest BCUT2D eigenvalue weighted by Gasteiger charge is 2.19. The number of fused-ring (bicyclic) bond motifs is 1. The Bertz CT molecular complexity index is 862. The maximum Gasteiger partial charge on any atom is 0.337 e. The van der Waals surface area contributed by atoms with E-state index in [2.05, 4.69) is 4.85 Å². The molecule has 0 saturated carbocycles. The van der Waals surface area contributed by atoms with E-state index in [1.165, 1.54) is 19.2 Å². The number of benzene rings is 2. The predicted molar refractivity (Wildman–Crippen MR) is 85.8 cm³/mol. The number of esters is 1. The van der Waals surface area contributed by atoms with Crippen LogP contribution in [0.15, 0.2) is 42.5 Å². The Morgan fingerprint density at radius 3 is 2.78 bits per heavy atom. The summed E-state index contributed by atoms with van der Waals surface area (Å²) in [5.74, 6) is -0.832. The van der Waals surface area contributed by atoms with Crippen LogP contribution in [0.5, 0.6) is 0 Å². The van der Waals surface area contributed by atoms with Crippen LogP contribution in [-0.2, 0) is 11.2 Å². The van der Waals surface area contributed by atoms with Gasteiger partial charge in [-0.15, -0.1) is 0 Å². The highest BCUT2D eigenvalue weighted by molar-refractivity contribution is 5.94. The number of halogens is 1. The second kappa shape index (κ2) is 6.05. The monoisotopic (exact) mass is 307 g/mol. The SMILES string of the molecule is [C-]#[N+]c1cc(F)ccc1C1=CCCc2ccc(C(=O)OC)cc21. The van der Waals surface area contributed by atoms with Crippen LogP contribution in [0.2, 0.25) is 0 Å². The molecule has 2 aromatic carbocycles. The molecule has 1 aliphatic carbocycles. The second-order valence-electron chi connectivity index (χ2n) is 5.29. The highest BCUT2D eigenvalue weighted by Crippen LogP contribution is 2.37. The molecular formula is C19H14FNO2. The lowest BCUT2D eigenvalue weighted by Gasteiger charge is -2.20. The smallest absolute Gasteiger partial charge is 0.337 e. The van der Waals surface area contributed by atoms with Crippen LogP contribution in [-0.4, -0.2) is 13.1 Å². The number of rotatable bonds is 2. The van der Waals surface area contributed by atoms with E-state index >= 15 is 0 Å². The molecule has 114 valence electrons. The molecular weight excluding hydrogens is 293 g/mol. The third-order valence-electron chi connectivity index (χ3n) is 3.95. The average Bonchev–Trinajstić information content (AvgIpc) is 2.60. The zero-order valence-corrected chi connectivity index (χ0v) is 12.6. The number of nitrogens with zero attached hydrogens (tertiary/aromatic N) is 1. The van der Waals surface area contributed by atoms with Crippen molar-refractivity contribution in [3.05, 3.63) is 82.0 Å². The van der Waals surface area contributed by atoms with Gasteiger partial charge in [0.1, 0.15) is 5.82 Å². The van der Waals surface area contributed by atoms with E-state index in [1.807, 2.05) is 12.1 Å². The standard InChI is InChI=1S/C19H14FNO2/c1-21-18-11-14(20)8-9-16(18)15-5-3-4-12-6-7-13(10-17(12)15)19(22)23-2/h5-11H,3-4H2,2H3. The minimum Gasteiger partial charge on any atom is -0.465 e. The van der Waals surface area contributed by atoms with Crippen molar-refractivity contribution in [3.63, 3.8) is 0 Å². The van der Waals surface area contributed by atoms with Crippen molar-refractivity contribution in [1.82, 2.24) is 0 Å². The van der Waals surface area contributed by atoms with Crippen LogP contribution in [0.3, 0.4) is 0 Å². The van der Waals surface area contributed by atoms with Crippen LogP contribution >= 0.6 is 0 Å². The molecule has 3 nitrogen and oxygen atoms in total. The zero-order chi connectivity index (χ0) is 16.4. The van der Waals surface area contributed by atoms with E-state index in [-0.39, 0.29) is 5.69 Å². The van der Waals surface area contributed by atoms with Gasteiger partial charge in [-0.25, -0.2) is 14.0 Å². The molecule has 0 amide bonds. The summed E-state index contributed by atoms with van der Waals surface area (Å²) >= 11 is 0. The first-order valence-corrected chi connectivity index (χ1v) is 7.23. The quantitative estimate of drug-likeness (QED) is 0.602. The molecule has 1 aliphatic rings. The van der Waals surface area contributed by atoms with Gasteiger partial charge in [0.15, 0.2) is 5.69 Å². The molecule has 0 unspecified atom stereocenters. The van der Waals surface area contributed by atoms with Crippen LogP contribution in [0.4, 0.5) is 10.1 Å². The first-order valence-electron chi connectivity index (χ1n) is 7.23. The van der Waals surface area contributed by atoms with Crippen molar-refractivity contribution in [2.75, 3.05) is 7.11 Å². The molecule has 0 radical (unpaired) electrons. The van der Waals surface area contributed by atoms with E-state index in [0.29, 0.717) is 11.1 Å². The van der Waals surface area contributed by atoms with Gasteiger partial charge in [-0.1, -0.05) is 18.2 Å². The Morgan fingerprint density at radius 1 is 1.22 bits per heavy atom. The van der Waals surface area contributed by atoms with Gasteiger partial charge >= 0.3 is 5.97 Å². The van der Waals surface area contributed by atoms with Crippen LogP contribution in [0.25, 0.3) is 10.4 Å². The molecule has 4 heteroatoms. The van der Waals surface area contributed by atoms with E-state index in [9.17, 15) is 9.18 Å². The van der Waals surface area contributed by atoms with Gasteiger partial charge in [0.25, 0.3) is 0 Å². The lowest BCUT2D eigenvalue weighted by Crippen LogP contribution is -2.06. The summed E-state index contributed by atoms with van der Waals surface area (Å²) in [5, 5.41) is 0. The van der Waals surface area contributed by atoms with Crippen molar-refractivity contribution >= 4 is 17.2 Å². The molecule has 0 fully saturated rings. The molecule has 2 aromatic rings. The van der Waals surface area contributed by atoms with Crippen molar-refractivity contribution in [2.24, 2.45) is 0 Å². The van der Waals surface area contributed by atoms with Crippen molar-refractivity contribution in [2.45, 2.75) is 12.8 Å². The molecule has 23 heavy (non-hydrogen) atoms. The largest absolute Gasteiger partial charge is 0.465 e. The number of hydrogen-bond acceptors (Lipinski definition) is 2. The Hall–Kier alpha value is -2.93. The van der Waals surface area contributed by atoms with E-state index in [0.717, 1.165) is 29.5 Å². The summed E-state index contributed by atoms with van der Waals surface area (Å²) in [6.45, 7) is 7.28. The van der Waals surface area contributed by atoms with Crippen molar-refractivity contribution in [1.29, 1.82) is 0 Å². The fraction of sp³-hybridized carbons (Fsp3) is 0.158.